The van der Waals surface area contributed by atoms with E-state index in [0.29, 0.717) is 6.54 Å². The third-order valence-electron chi connectivity index (χ3n) is 5.16. The lowest BCUT2D eigenvalue weighted by molar-refractivity contribution is -0.148. The fraction of sp³-hybridized carbons (Fsp3) is 0.412. The van der Waals surface area contributed by atoms with Gasteiger partial charge in [-0.3, -0.25) is 9.59 Å². The molecule has 2 saturated heterocycles. The fourth-order valence-electron chi connectivity index (χ4n) is 4.05. The zero-order valence-electron chi connectivity index (χ0n) is 12.2. The molecule has 0 unspecified atom stereocenters. The smallest absolute Gasteiger partial charge is 0.310 e. The van der Waals surface area contributed by atoms with Crippen LogP contribution in [0.1, 0.15) is 18.5 Å². The van der Waals surface area contributed by atoms with Crippen molar-refractivity contribution >= 4 is 11.9 Å². The number of carbonyl (C=O) groups is 2. The van der Waals surface area contributed by atoms with Gasteiger partial charge in [-0.05, 0) is 12.5 Å². The lowest BCUT2D eigenvalue weighted by Crippen LogP contribution is -2.39. The highest BCUT2D eigenvalue weighted by Crippen LogP contribution is 2.53. The van der Waals surface area contributed by atoms with Gasteiger partial charge in [0.1, 0.15) is 11.5 Å². The number of carbonyl (C=O) groups excluding carboxylic acids is 1. The number of carboxylic acids is 1. The zero-order valence-corrected chi connectivity index (χ0v) is 12.2. The Kier molecular flexibility index (Phi) is 2.72. The quantitative estimate of drug-likeness (QED) is 0.861. The summed E-state index contributed by atoms with van der Waals surface area (Å²) in [5.41, 5.74) is 0.283. The zero-order chi connectivity index (χ0) is 15.5. The number of benzene rings is 1. The Hall–Kier alpha value is -2.14. The van der Waals surface area contributed by atoms with E-state index in [1.54, 1.807) is 11.0 Å². The number of hydrogen-bond donors (Lipinski definition) is 1. The molecule has 0 aliphatic carbocycles. The van der Waals surface area contributed by atoms with Gasteiger partial charge in [-0.1, -0.05) is 42.5 Å². The molecule has 0 saturated carbocycles. The van der Waals surface area contributed by atoms with Gasteiger partial charge in [0.2, 0.25) is 5.91 Å². The molecule has 0 aromatic heterocycles. The number of likely N-dealkylation sites (tertiary alicyclic amines) is 1. The molecule has 2 bridgehead atoms. The van der Waals surface area contributed by atoms with E-state index in [9.17, 15) is 14.7 Å². The molecule has 5 nitrogen and oxygen atoms in total. The molecular formula is C17H17NO4. The summed E-state index contributed by atoms with van der Waals surface area (Å²) in [6, 6.07) is 9.67. The van der Waals surface area contributed by atoms with E-state index in [0.717, 1.165) is 5.56 Å². The third kappa shape index (κ3) is 1.63. The second kappa shape index (κ2) is 4.43. The molecule has 3 aliphatic rings. The second-order valence-corrected chi connectivity index (χ2v) is 6.29. The van der Waals surface area contributed by atoms with Gasteiger partial charge in [-0.15, -0.1) is 0 Å². The van der Waals surface area contributed by atoms with E-state index in [1.165, 1.54) is 0 Å². The maximum absolute atomic E-state index is 12.8. The molecule has 5 heteroatoms. The highest BCUT2D eigenvalue weighted by molar-refractivity contribution is 5.91. The molecule has 3 aliphatic heterocycles. The van der Waals surface area contributed by atoms with E-state index >= 15 is 0 Å². The van der Waals surface area contributed by atoms with E-state index in [2.05, 4.69) is 0 Å². The molecule has 1 spiro atoms. The number of aliphatic carboxylic acids is 1. The highest BCUT2D eigenvalue weighted by Gasteiger charge is 2.67. The summed E-state index contributed by atoms with van der Waals surface area (Å²) in [5, 5.41) is 9.45. The Balaban J connectivity index is 1.68. The monoisotopic (exact) mass is 299 g/mol. The number of amides is 1. The van der Waals surface area contributed by atoms with Crippen LogP contribution in [0.5, 0.6) is 0 Å². The summed E-state index contributed by atoms with van der Waals surface area (Å²) in [7, 11) is 0. The van der Waals surface area contributed by atoms with Crippen molar-refractivity contribution in [2.75, 3.05) is 6.54 Å². The van der Waals surface area contributed by atoms with Crippen LogP contribution >= 0.6 is 0 Å². The standard InChI is InChI=1S/C17H17NO4/c1-10(11-5-3-2-4-6-11)18-9-17-8-7-12(22-17)13(16(20)21)14(17)15(18)19/h2-8,10,12-14H,9H2,1H3,(H,20,21)/t10-,12-,13+,14+,17-/m0/s1. The van der Waals surface area contributed by atoms with Crippen molar-refractivity contribution in [1.29, 1.82) is 0 Å². The molecule has 1 amide bonds. The molecule has 2 fully saturated rings. The largest absolute Gasteiger partial charge is 0.481 e. The average molecular weight is 299 g/mol. The number of carboxylic acid groups (broad SMARTS) is 1. The molecule has 0 radical (unpaired) electrons. The first-order valence-corrected chi connectivity index (χ1v) is 7.49. The van der Waals surface area contributed by atoms with E-state index in [1.807, 2.05) is 43.3 Å². The summed E-state index contributed by atoms with van der Waals surface area (Å²) >= 11 is 0. The van der Waals surface area contributed by atoms with E-state index in [-0.39, 0.29) is 11.9 Å². The van der Waals surface area contributed by atoms with Crippen molar-refractivity contribution in [3.63, 3.8) is 0 Å². The molecular weight excluding hydrogens is 282 g/mol. The first-order chi connectivity index (χ1) is 10.5. The van der Waals surface area contributed by atoms with Crippen molar-refractivity contribution in [3.8, 4) is 0 Å². The fourth-order valence-corrected chi connectivity index (χ4v) is 4.05. The predicted octanol–water partition coefficient (Wildman–Crippen LogP) is 1.61. The third-order valence-corrected chi connectivity index (χ3v) is 5.16. The number of nitrogens with zero attached hydrogens (tertiary/aromatic N) is 1. The van der Waals surface area contributed by atoms with Crippen LogP contribution < -0.4 is 0 Å². The second-order valence-electron chi connectivity index (χ2n) is 6.29. The maximum atomic E-state index is 12.8. The van der Waals surface area contributed by atoms with Crippen molar-refractivity contribution < 1.29 is 19.4 Å². The Morgan fingerprint density at radius 2 is 2.14 bits per heavy atom. The van der Waals surface area contributed by atoms with Crippen LogP contribution in [0.4, 0.5) is 0 Å². The average Bonchev–Trinajstić information content (AvgIpc) is 3.15. The number of fused-ring (bicyclic) bond motifs is 1. The minimum absolute atomic E-state index is 0.0980. The van der Waals surface area contributed by atoms with Crippen LogP contribution in [-0.4, -0.2) is 40.1 Å². The summed E-state index contributed by atoms with van der Waals surface area (Å²) in [5.74, 6) is -2.45. The van der Waals surface area contributed by atoms with Crippen LogP contribution in [0.2, 0.25) is 0 Å². The molecule has 1 N–H and O–H groups in total. The summed E-state index contributed by atoms with van der Waals surface area (Å²) in [6.07, 6.45) is 3.21. The number of rotatable bonds is 3. The SMILES string of the molecule is C[C@@H](c1ccccc1)N1C[C@]23C=C[C@H](O2)[C@@H](C(=O)O)[C@@H]3C1=O. The molecule has 22 heavy (non-hydrogen) atoms. The Labute approximate surface area is 128 Å². The van der Waals surface area contributed by atoms with Crippen LogP contribution in [0, 0.1) is 11.8 Å². The molecule has 5 atom stereocenters. The van der Waals surface area contributed by atoms with Gasteiger partial charge in [-0.25, -0.2) is 0 Å². The first-order valence-electron chi connectivity index (χ1n) is 7.49. The minimum Gasteiger partial charge on any atom is -0.481 e. The maximum Gasteiger partial charge on any atom is 0.310 e. The van der Waals surface area contributed by atoms with Crippen LogP contribution in [-0.2, 0) is 14.3 Å². The normalized spacial score (nSPS) is 36.7. The van der Waals surface area contributed by atoms with Gasteiger partial charge in [0, 0.05) is 0 Å². The van der Waals surface area contributed by atoms with E-state index in [4.69, 9.17) is 4.74 Å². The first kappa shape index (κ1) is 13.5. The lowest BCUT2D eigenvalue weighted by Gasteiger charge is -2.27. The highest BCUT2D eigenvalue weighted by atomic mass is 16.5. The van der Waals surface area contributed by atoms with E-state index < -0.39 is 29.5 Å². The van der Waals surface area contributed by atoms with Crippen molar-refractivity contribution in [1.82, 2.24) is 4.90 Å². The van der Waals surface area contributed by atoms with Crippen LogP contribution in [0.3, 0.4) is 0 Å². The Bertz CT molecular complexity index is 670. The summed E-state index contributed by atoms with van der Waals surface area (Å²) in [4.78, 5) is 26.1. The van der Waals surface area contributed by atoms with Crippen molar-refractivity contribution in [2.45, 2.75) is 24.7 Å². The lowest BCUT2D eigenvalue weighted by atomic mass is 9.77. The van der Waals surface area contributed by atoms with Gasteiger partial charge in [-0.2, -0.15) is 0 Å². The Morgan fingerprint density at radius 1 is 1.41 bits per heavy atom. The molecule has 3 heterocycles. The van der Waals surface area contributed by atoms with Crippen molar-refractivity contribution in [3.05, 3.63) is 48.0 Å². The van der Waals surface area contributed by atoms with Gasteiger partial charge in [0.05, 0.1) is 24.6 Å². The predicted molar refractivity (Wildman–Crippen MR) is 77.9 cm³/mol. The molecule has 1 aromatic carbocycles. The minimum atomic E-state index is -0.955. The van der Waals surface area contributed by atoms with Gasteiger partial charge < -0.3 is 14.7 Å². The van der Waals surface area contributed by atoms with Crippen LogP contribution in [0.15, 0.2) is 42.5 Å². The summed E-state index contributed by atoms with van der Waals surface area (Å²) < 4.78 is 5.89. The molecule has 4 rings (SSSR count). The Morgan fingerprint density at radius 3 is 2.82 bits per heavy atom. The summed E-state index contributed by atoms with van der Waals surface area (Å²) in [6.45, 7) is 2.39. The number of ether oxygens (including phenoxy) is 1. The molecule has 114 valence electrons. The van der Waals surface area contributed by atoms with Crippen molar-refractivity contribution in [2.24, 2.45) is 11.8 Å². The number of hydrogen-bond acceptors (Lipinski definition) is 3. The van der Waals surface area contributed by atoms with Gasteiger partial charge >= 0.3 is 5.97 Å². The van der Waals surface area contributed by atoms with Gasteiger partial charge in [0.15, 0.2) is 0 Å². The topological polar surface area (TPSA) is 66.8 Å². The molecule has 1 aromatic rings. The van der Waals surface area contributed by atoms with Crippen LogP contribution in [0.25, 0.3) is 0 Å². The van der Waals surface area contributed by atoms with Gasteiger partial charge in [0.25, 0.3) is 0 Å².